The summed E-state index contributed by atoms with van der Waals surface area (Å²) in [4.78, 5) is 26.4. The van der Waals surface area contributed by atoms with Gasteiger partial charge >= 0.3 is 6.09 Å². The van der Waals surface area contributed by atoms with Crippen molar-refractivity contribution >= 4 is 12.0 Å². The number of hydrogen-bond acceptors (Lipinski definition) is 4. The van der Waals surface area contributed by atoms with Crippen LogP contribution in [0.25, 0.3) is 11.1 Å². The van der Waals surface area contributed by atoms with Gasteiger partial charge in [-0.15, -0.1) is 0 Å². The highest BCUT2D eigenvalue weighted by molar-refractivity contribution is 5.77. The van der Waals surface area contributed by atoms with Gasteiger partial charge in [-0.05, 0) is 47.9 Å². The van der Waals surface area contributed by atoms with Gasteiger partial charge in [0.1, 0.15) is 23.1 Å². The van der Waals surface area contributed by atoms with E-state index >= 15 is 0 Å². The van der Waals surface area contributed by atoms with Crippen LogP contribution in [-0.4, -0.2) is 36.5 Å². The van der Waals surface area contributed by atoms with Crippen molar-refractivity contribution in [3.63, 3.8) is 0 Å². The van der Waals surface area contributed by atoms with E-state index in [0.29, 0.717) is 30.5 Å². The maximum atomic E-state index is 14.2. The molecule has 1 aliphatic heterocycles. The Morgan fingerprint density at radius 2 is 1.73 bits per heavy atom. The molecule has 6 nitrogen and oxygen atoms in total. The number of ether oxygens (including phenoxy) is 1. The molecule has 1 fully saturated rings. The topological polar surface area (TPSA) is 84.7 Å². The average molecular weight is 512 g/mol. The number of rotatable bonds is 8. The first-order valence-corrected chi connectivity index (χ1v) is 12.0. The van der Waals surface area contributed by atoms with E-state index in [1.807, 2.05) is 6.92 Å². The van der Waals surface area contributed by atoms with Gasteiger partial charge in [0.05, 0.1) is 12.6 Å². The maximum Gasteiger partial charge on any atom is 0.411 e. The molecule has 0 radical (unpaired) electrons. The molecule has 37 heavy (non-hydrogen) atoms. The third kappa shape index (κ3) is 5.77. The molecule has 0 aromatic heterocycles. The fourth-order valence-corrected chi connectivity index (χ4v) is 4.62. The molecule has 3 N–H and O–H groups in total. The molecular weight excluding hydrogens is 483 g/mol. The first-order valence-electron chi connectivity index (χ1n) is 12.0. The van der Waals surface area contributed by atoms with Crippen molar-refractivity contribution in [2.45, 2.75) is 31.4 Å². The molecule has 1 heterocycles. The fraction of sp³-hybridized carbons (Fsp3) is 0.286. The molecule has 0 spiro atoms. The second-order valence-corrected chi connectivity index (χ2v) is 9.04. The number of carbonyl (C=O) groups is 2. The smallest absolute Gasteiger partial charge is 0.411 e. The number of nitrogens with one attached hydrogen (secondary N) is 1. The Bertz CT molecular complexity index is 1270. The van der Waals surface area contributed by atoms with Gasteiger partial charge in [-0.2, -0.15) is 0 Å². The molecule has 0 bridgehead atoms. The summed E-state index contributed by atoms with van der Waals surface area (Å²) in [5.74, 6) is -2.03. The fourth-order valence-electron chi connectivity index (χ4n) is 4.62. The van der Waals surface area contributed by atoms with Gasteiger partial charge < -0.3 is 20.7 Å². The molecule has 194 valence electrons. The van der Waals surface area contributed by atoms with Crippen molar-refractivity contribution in [1.82, 2.24) is 10.2 Å². The number of cyclic esters (lactones) is 1. The SMILES string of the molecule is CC(c1ccc(-c2ccc(F)cc2F)cc1)N1CCC(CCNC(=O)CN)(c2ccc(F)cc2)OC1=O. The first kappa shape index (κ1) is 26.2. The predicted octanol–water partition coefficient (Wildman–Crippen LogP) is 5.03. The molecule has 2 unspecified atom stereocenters. The Balaban J connectivity index is 1.51. The second-order valence-electron chi connectivity index (χ2n) is 9.04. The molecule has 9 heteroatoms. The zero-order valence-corrected chi connectivity index (χ0v) is 20.3. The lowest BCUT2D eigenvalue weighted by atomic mass is 9.85. The number of hydrogen-bond donors (Lipinski definition) is 2. The van der Waals surface area contributed by atoms with Crippen LogP contribution in [-0.2, 0) is 15.1 Å². The lowest BCUT2D eigenvalue weighted by molar-refractivity contribution is -0.120. The van der Waals surface area contributed by atoms with Crippen LogP contribution in [0.1, 0.15) is 36.9 Å². The Kier molecular flexibility index (Phi) is 7.83. The van der Waals surface area contributed by atoms with Crippen LogP contribution in [0.5, 0.6) is 0 Å². The lowest BCUT2D eigenvalue weighted by Crippen LogP contribution is -2.50. The van der Waals surface area contributed by atoms with Crippen molar-refractivity contribution in [1.29, 1.82) is 0 Å². The van der Waals surface area contributed by atoms with Gasteiger partial charge in [-0.3, -0.25) is 4.79 Å². The summed E-state index contributed by atoms with van der Waals surface area (Å²) in [5.41, 5.74) is 6.64. The molecular formula is C28H28F3N3O3. The third-order valence-electron chi connectivity index (χ3n) is 6.78. The first-order chi connectivity index (χ1) is 17.7. The minimum atomic E-state index is -1.03. The molecule has 0 saturated carbocycles. The molecule has 3 aromatic carbocycles. The Morgan fingerprint density at radius 3 is 2.35 bits per heavy atom. The largest absolute Gasteiger partial charge is 0.438 e. The van der Waals surface area contributed by atoms with E-state index in [0.717, 1.165) is 11.6 Å². The molecule has 2 amide bonds. The summed E-state index contributed by atoms with van der Waals surface area (Å²) in [7, 11) is 0. The maximum absolute atomic E-state index is 14.2. The highest BCUT2D eigenvalue weighted by Gasteiger charge is 2.43. The number of carbonyl (C=O) groups excluding carboxylic acids is 2. The monoisotopic (exact) mass is 511 g/mol. The Morgan fingerprint density at radius 1 is 1.05 bits per heavy atom. The van der Waals surface area contributed by atoms with Crippen LogP contribution >= 0.6 is 0 Å². The summed E-state index contributed by atoms with van der Waals surface area (Å²) in [6, 6.07) is 15.9. The second kappa shape index (κ2) is 11.0. The number of benzene rings is 3. The normalized spacial score (nSPS) is 18.3. The van der Waals surface area contributed by atoms with Crippen molar-refractivity contribution in [3.8, 4) is 11.1 Å². The third-order valence-corrected chi connectivity index (χ3v) is 6.78. The van der Waals surface area contributed by atoms with Crippen molar-refractivity contribution in [2.24, 2.45) is 5.73 Å². The van der Waals surface area contributed by atoms with Crippen LogP contribution in [0.3, 0.4) is 0 Å². The van der Waals surface area contributed by atoms with Crippen molar-refractivity contribution in [2.75, 3.05) is 19.6 Å². The van der Waals surface area contributed by atoms with E-state index in [-0.39, 0.29) is 30.6 Å². The summed E-state index contributed by atoms with van der Waals surface area (Å²) < 4.78 is 47.0. The van der Waals surface area contributed by atoms with Crippen LogP contribution in [0.15, 0.2) is 66.7 Å². The van der Waals surface area contributed by atoms with Gasteiger partial charge in [-0.1, -0.05) is 36.4 Å². The van der Waals surface area contributed by atoms with E-state index in [1.165, 1.54) is 24.3 Å². The molecule has 3 aromatic rings. The summed E-state index contributed by atoms with van der Waals surface area (Å²) >= 11 is 0. The minimum Gasteiger partial charge on any atom is -0.438 e. The van der Waals surface area contributed by atoms with E-state index in [4.69, 9.17) is 10.5 Å². The van der Waals surface area contributed by atoms with Gasteiger partial charge in [0.15, 0.2) is 0 Å². The quantitative estimate of drug-likeness (QED) is 0.444. The van der Waals surface area contributed by atoms with Crippen LogP contribution in [0.4, 0.5) is 18.0 Å². The highest BCUT2D eigenvalue weighted by atomic mass is 19.1. The Hall–Kier alpha value is -3.85. The number of amides is 2. The van der Waals surface area contributed by atoms with Crippen molar-refractivity contribution < 1.29 is 27.5 Å². The molecule has 2 atom stereocenters. The van der Waals surface area contributed by atoms with E-state index in [2.05, 4.69) is 5.32 Å². The molecule has 0 aliphatic carbocycles. The summed E-state index contributed by atoms with van der Waals surface area (Å²) in [6.45, 7) is 2.30. The molecule has 1 saturated heterocycles. The number of nitrogens with zero attached hydrogens (tertiary/aromatic N) is 1. The predicted molar refractivity (Wildman–Crippen MR) is 133 cm³/mol. The summed E-state index contributed by atoms with van der Waals surface area (Å²) in [5, 5.41) is 2.70. The van der Waals surface area contributed by atoms with E-state index in [1.54, 1.807) is 41.3 Å². The average Bonchev–Trinajstić information content (AvgIpc) is 2.89. The zero-order valence-electron chi connectivity index (χ0n) is 20.3. The summed E-state index contributed by atoms with van der Waals surface area (Å²) in [6.07, 6.45) is 0.185. The zero-order chi connectivity index (χ0) is 26.6. The van der Waals surface area contributed by atoms with Crippen molar-refractivity contribution in [3.05, 3.63) is 95.3 Å². The molecule has 4 rings (SSSR count). The van der Waals surface area contributed by atoms with E-state index < -0.39 is 29.1 Å². The van der Waals surface area contributed by atoms with Gasteiger partial charge in [0.2, 0.25) is 5.91 Å². The van der Waals surface area contributed by atoms with Gasteiger partial charge in [-0.25, -0.2) is 18.0 Å². The van der Waals surface area contributed by atoms with Gasteiger partial charge in [0, 0.05) is 37.6 Å². The minimum absolute atomic E-state index is 0.152. The number of nitrogens with two attached hydrogens (primary N) is 1. The van der Waals surface area contributed by atoms with Gasteiger partial charge in [0.25, 0.3) is 0 Å². The number of halogens is 3. The van der Waals surface area contributed by atoms with E-state index in [9.17, 15) is 22.8 Å². The molecule has 1 aliphatic rings. The van der Waals surface area contributed by atoms with Crippen LogP contribution in [0.2, 0.25) is 0 Å². The lowest BCUT2D eigenvalue weighted by Gasteiger charge is -2.43. The van der Waals surface area contributed by atoms with Crippen LogP contribution < -0.4 is 11.1 Å². The Labute approximate surface area is 213 Å². The van der Waals surface area contributed by atoms with Crippen LogP contribution in [0, 0.1) is 17.5 Å². The highest BCUT2D eigenvalue weighted by Crippen LogP contribution is 2.39. The standard InChI is InChI=1S/C28H28F3N3O3/c1-18(19-2-4-20(5-3-19)24-11-10-23(30)16-25(24)31)34-15-13-28(37-27(34)36,12-14-33-26(35)17-32)21-6-8-22(29)9-7-21/h2-11,16,18H,12-15,17,32H2,1H3,(H,33,35).